The van der Waals surface area contributed by atoms with Gasteiger partial charge in [-0.2, -0.15) is 0 Å². The average molecular weight is 541 g/mol. The summed E-state index contributed by atoms with van der Waals surface area (Å²) in [5.41, 5.74) is 1.06. The summed E-state index contributed by atoms with van der Waals surface area (Å²) in [5.74, 6) is 1.70. The van der Waals surface area contributed by atoms with E-state index in [1.807, 2.05) is 18.2 Å². The Bertz CT molecular complexity index is 554. The molecule has 0 aliphatic carbocycles. The third-order valence-electron chi connectivity index (χ3n) is 4.04. The lowest BCUT2D eigenvalue weighted by Crippen LogP contribution is -2.40. The van der Waals surface area contributed by atoms with Crippen LogP contribution in [0.3, 0.4) is 0 Å². The van der Waals surface area contributed by atoms with Crippen LogP contribution in [0, 0.1) is 0 Å². The van der Waals surface area contributed by atoms with E-state index in [0.717, 1.165) is 74.1 Å². The third-order valence-corrected chi connectivity index (χ3v) is 4.53. The summed E-state index contributed by atoms with van der Waals surface area (Å²) in [6.07, 6.45) is 1.09. The Labute approximate surface area is 182 Å². The van der Waals surface area contributed by atoms with Crippen LogP contribution in [0.1, 0.15) is 18.9 Å². The standard InChI is InChI=1S/C18H29BrN4O2.HI/c1-3-20-18(21-7-4-8-23-9-11-25-12-10-23)22-14-15-13-16(19)5-6-17(15)24-2;/h5-6,13H,3-4,7-12,14H2,1-2H3,(H2,20,21,22);1H. The van der Waals surface area contributed by atoms with Gasteiger partial charge in [0.25, 0.3) is 0 Å². The van der Waals surface area contributed by atoms with E-state index in [0.29, 0.717) is 6.54 Å². The molecule has 0 amide bonds. The van der Waals surface area contributed by atoms with Gasteiger partial charge in [-0.05, 0) is 38.1 Å². The maximum absolute atomic E-state index is 5.41. The number of nitrogens with zero attached hydrogens (tertiary/aromatic N) is 2. The highest BCUT2D eigenvalue weighted by molar-refractivity contribution is 14.0. The van der Waals surface area contributed by atoms with Crippen molar-refractivity contribution in [3.05, 3.63) is 28.2 Å². The van der Waals surface area contributed by atoms with E-state index in [2.05, 4.69) is 43.4 Å². The molecule has 1 aliphatic rings. The molecule has 6 nitrogen and oxygen atoms in total. The largest absolute Gasteiger partial charge is 0.496 e. The molecule has 8 heteroatoms. The van der Waals surface area contributed by atoms with Gasteiger partial charge in [0.2, 0.25) is 0 Å². The fraction of sp³-hybridized carbons (Fsp3) is 0.611. The fourth-order valence-electron chi connectivity index (χ4n) is 2.71. The molecule has 1 saturated heterocycles. The first kappa shape index (κ1) is 23.5. The maximum Gasteiger partial charge on any atom is 0.191 e. The Morgan fingerprint density at radius 1 is 1.31 bits per heavy atom. The van der Waals surface area contributed by atoms with E-state index in [-0.39, 0.29) is 24.0 Å². The molecule has 0 spiro atoms. The summed E-state index contributed by atoms with van der Waals surface area (Å²) in [5, 5.41) is 6.71. The summed E-state index contributed by atoms with van der Waals surface area (Å²) in [6.45, 7) is 9.26. The lowest BCUT2D eigenvalue weighted by Gasteiger charge is -2.26. The summed E-state index contributed by atoms with van der Waals surface area (Å²) < 4.78 is 11.8. The van der Waals surface area contributed by atoms with Gasteiger partial charge < -0.3 is 20.1 Å². The van der Waals surface area contributed by atoms with Crippen molar-refractivity contribution in [2.24, 2.45) is 4.99 Å². The smallest absolute Gasteiger partial charge is 0.191 e. The van der Waals surface area contributed by atoms with E-state index < -0.39 is 0 Å². The molecule has 2 rings (SSSR count). The van der Waals surface area contributed by atoms with Crippen molar-refractivity contribution in [3.63, 3.8) is 0 Å². The Hall–Kier alpha value is -0.580. The van der Waals surface area contributed by atoms with Crippen LogP contribution in [0.4, 0.5) is 0 Å². The van der Waals surface area contributed by atoms with Crippen molar-refractivity contribution in [1.82, 2.24) is 15.5 Å². The van der Waals surface area contributed by atoms with Gasteiger partial charge in [0.05, 0.1) is 26.9 Å². The topological polar surface area (TPSA) is 58.1 Å². The number of hydrogen-bond donors (Lipinski definition) is 2. The molecule has 0 atom stereocenters. The van der Waals surface area contributed by atoms with Gasteiger partial charge in [0.1, 0.15) is 5.75 Å². The molecular weight excluding hydrogens is 511 g/mol. The van der Waals surface area contributed by atoms with E-state index >= 15 is 0 Å². The predicted molar refractivity (Wildman–Crippen MR) is 121 cm³/mol. The van der Waals surface area contributed by atoms with Crippen LogP contribution < -0.4 is 15.4 Å². The molecule has 0 saturated carbocycles. The van der Waals surface area contributed by atoms with Crippen molar-refractivity contribution in [2.75, 3.05) is 53.0 Å². The van der Waals surface area contributed by atoms with Gasteiger partial charge in [-0.1, -0.05) is 15.9 Å². The molecule has 0 unspecified atom stereocenters. The van der Waals surface area contributed by atoms with Crippen molar-refractivity contribution < 1.29 is 9.47 Å². The molecule has 2 N–H and O–H groups in total. The Morgan fingerprint density at radius 3 is 2.77 bits per heavy atom. The van der Waals surface area contributed by atoms with Gasteiger partial charge >= 0.3 is 0 Å². The molecule has 1 fully saturated rings. The molecule has 1 aromatic carbocycles. The normalized spacial score (nSPS) is 15.3. The molecule has 0 aromatic heterocycles. The molecule has 1 aliphatic heterocycles. The summed E-state index contributed by atoms with van der Waals surface area (Å²) in [7, 11) is 1.69. The van der Waals surface area contributed by atoms with Gasteiger partial charge in [0.15, 0.2) is 5.96 Å². The van der Waals surface area contributed by atoms with Crippen LogP contribution in [0.2, 0.25) is 0 Å². The van der Waals surface area contributed by atoms with Gasteiger partial charge in [-0.3, -0.25) is 4.90 Å². The van der Waals surface area contributed by atoms with Crippen molar-refractivity contribution in [1.29, 1.82) is 0 Å². The Morgan fingerprint density at radius 2 is 2.08 bits per heavy atom. The minimum atomic E-state index is 0. The second-order valence-electron chi connectivity index (χ2n) is 5.89. The van der Waals surface area contributed by atoms with Gasteiger partial charge in [-0.25, -0.2) is 4.99 Å². The molecule has 0 bridgehead atoms. The highest BCUT2D eigenvalue weighted by atomic mass is 127. The lowest BCUT2D eigenvalue weighted by molar-refractivity contribution is 0.0376. The number of ether oxygens (including phenoxy) is 2. The van der Waals surface area contributed by atoms with Gasteiger partial charge in [-0.15, -0.1) is 24.0 Å². The summed E-state index contributed by atoms with van der Waals surface area (Å²) in [4.78, 5) is 7.12. The number of guanidine groups is 1. The van der Waals surface area contributed by atoms with E-state index in [4.69, 9.17) is 9.47 Å². The lowest BCUT2D eigenvalue weighted by atomic mass is 10.2. The first-order valence-electron chi connectivity index (χ1n) is 8.87. The molecule has 148 valence electrons. The van der Waals surface area contributed by atoms with Crippen molar-refractivity contribution in [2.45, 2.75) is 19.9 Å². The molecular formula is C18H30BrIN4O2. The van der Waals surface area contributed by atoms with Gasteiger partial charge in [0, 0.05) is 36.2 Å². The zero-order valence-corrected chi connectivity index (χ0v) is 19.5. The highest BCUT2D eigenvalue weighted by Gasteiger charge is 2.09. The van der Waals surface area contributed by atoms with Crippen LogP contribution >= 0.6 is 39.9 Å². The average Bonchev–Trinajstić information content (AvgIpc) is 2.64. The molecule has 1 heterocycles. The van der Waals surface area contributed by atoms with Crippen LogP contribution in [-0.4, -0.2) is 63.9 Å². The number of aliphatic imine (C=N–C) groups is 1. The third kappa shape index (κ3) is 8.41. The zero-order valence-electron chi connectivity index (χ0n) is 15.6. The summed E-state index contributed by atoms with van der Waals surface area (Å²) in [6, 6.07) is 5.98. The van der Waals surface area contributed by atoms with E-state index in [9.17, 15) is 0 Å². The Balaban J connectivity index is 0.00000338. The van der Waals surface area contributed by atoms with Crippen molar-refractivity contribution >= 4 is 45.9 Å². The van der Waals surface area contributed by atoms with Crippen LogP contribution in [0.25, 0.3) is 0 Å². The predicted octanol–water partition coefficient (Wildman–Crippen LogP) is 2.85. The van der Waals surface area contributed by atoms with E-state index in [1.165, 1.54) is 0 Å². The number of morpholine rings is 1. The monoisotopic (exact) mass is 540 g/mol. The number of nitrogens with one attached hydrogen (secondary N) is 2. The van der Waals surface area contributed by atoms with Crippen molar-refractivity contribution in [3.8, 4) is 5.75 Å². The highest BCUT2D eigenvalue weighted by Crippen LogP contribution is 2.23. The second-order valence-corrected chi connectivity index (χ2v) is 6.80. The number of rotatable bonds is 8. The maximum atomic E-state index is 5.41. The fourth-order valence-corrected chi connectivity index (χ4v) is 3.12. The van der Waals surface area contributed by atoms with E-state index in [1.54, 1.807) is 7.11 Å². The molecule has 0 radical (unpaired) electrons. The van der Waals surface area contributed by atoms with Crippen LogP contribution in [0.5, 0.6) is 5.75 Å². The minimum absolute atomic E-state index is 0. The molecule has 1 aromatic rings. The van der Waals surface area contributed by atoms with Crippen LogP contribution in [0.15, 0.2) is 27.7 Å². The minimum Gasteiger partial charge on any atom is -0.496 e. The zero-order chi connectivity index (χ0) is 17.9. The quantitative estimate of drug-likeness (QED) is 0.230. The first-order valence-corrected chi connectivity index (χ1v) is 9.67. The molecule has 26 heavy (non-hydrogen) atoms. The number of halogens is 2. The van der Waals surface area contributed by atoms with Crippen LogP contribution in [-0.2, 0) is 11.3 Å². The second kappa shape index (κ2) is 13.6. The summed E-state index contributed by atoms with van der Waals surface area (Å²) >= 11 is 3.50. The SMILES string of the molecule is CCNC(=NCc1cc(Br)ccc1OC)NCCCN1CCOCC1.I. The Kier molecular flexibility index (Phi) is 12.2. The first-order chi connectivity index (χ1) is 12.2. The number of benzene rings is 1. The number of methoxy groups -OCH3 is 1. The number of hydrogen-bond acceptors (Lipinski definition) is 4.